The van der Waals surface area contributed by atoms with Crippen LogP contribution in [0.15, 0.2) is 18.3 Å². The molecule has 0 radical (unpaired) electrons. The van der Waals surface area contributed by atoms with Crippen LogP contribution in [0.1, 0.15) is 63.0 Å². The summed E-state index contributed by atoms with van der Waals surface area (Å²) in [6, 6.07) is 4.36. The normalized spacial score (nSPS) is 18.6. The molecular formula is C16H27N3O. The van der Waals surface area contributed by atoms with Crippen molar-refractivity contribution in [2.24, 2.45) is 11.7 Å². The van der Waals surface area contributed by atoms with Gasteiger partial charge in [-0.3, -0.25) is 4.79 Å². The Labute approximate surface area is 121 Å². The lowest BCUT2D eigenvalue weighted by atomic mass is 9.90. The lowest BCUT2D eigenvalue weighted by molar-refractivity contribution is 0.0883. The SMILES string of the molecule is CC(C)CC(C)(CN)NC(=O)c1cccn1C1CCC1. The number of hydrogen-bond donors (Lipinski definition) is 2. The van der Waals surface area contributed by atoms with Crippen LogP contribution >= 0.6 is 0 Å². The molecule has 1 unspecified atom stereocenters. The number of nitrogens with zero attached hydrogens (tertiary/aromatic N) is 1. The molecule has 1 saturated carbocycles. The summed E-state index contributed by atoms with van der Waals surface area (Å²) in [4.78, 5) is 12.5. The molecule has 0 bridgehead atoms. The number of amides is 1. The first-order chi connectivity index (χ1) is 9.45. The van der Waals surface area contributed by atoms with E-state index >= 15 is 0 Å². The van der Waals surface area contributed by atoms with Gasteiger partial charge in [-0.2, -0.15) is 0 Å². The highest BCUT2D eigenvalue weighted by Gasteiger charge is 2.29. The highest BCUT2D eigenvalue weighted by molar-refractivity contribution is 5.93. The van der Waals surface area contributed by atoms with Gasteiger partial charge in [-0.25, -0.2) is 0 Å². The monoisotopic (exact) mass is 277 g/mol. The Balaban J connectivity index is 2.09. The molecule has 0 saturated heterocycles. The van der Waals surface area contributed by atoms with Gasteiger partial charge in [0.25, 0.3) is 5.91 Å². The van der Waals surface area contributed by atoms with Gasteiger partial charge in [-0.15, -0.1) is 0 Å². The standard InChI is InChI=1S/C16H27N3O/c1-12(2)10-16(3,11-17)18-15(20)14-8-5-9-19(14)13-6-4-7-13/h5,8-9,12-13H,4,6-7,10-11,17H2,1-3H3,(H,18,20). The van der Waals surface area contributed by atoms with Crippen LogP contribution in [0.25, 0.3) is 0 Å². The van der Waals surface area contributed by atoms with Crippen molar-refractivity contribution in [3.63, 3.8) is 0 Å². The lowest BCUT2D eigenvalue weighted by Gasteiger charge is -2.33. The molecule has 112 valence electrons. The van der Waals surface area contributed by atoms with Crippen LogP contribution in [-0.2, 0) is 0 Å². The molecule has 2 rings (SSSR count). The summed E-state index contributed by atoms with van der Waals surface area (Å²) in [5.74, 6) is 0.498. The minimum Gasteiger partial charge on any atom is -0.344 e. The van der Waals surface area contributed by atoms with Gasteiger partial charge in [0.15, 0.2) is 0 Å². The predicted molar refractivity (Wildman–Crippen MR) is 81.7 cm³/mol. The quantitative estimate of drug-likeness (QED) is 0.840. The van der Waals surface area contributed by atoms with Gasteiger partial charge in [0.05, 0.1) is 5.54 Å². The summed E-state index contributed by atoms with van der Waals surface area (Å²) >= 11 is 0. The molecule has 1 heterocycles. The summed E-state index contributed by atoms with van der Waals surface area (Å²) in [5.41, 5.74) is 6.30. The van der Waals surface area contributed by atoms with E-state index in [0.717, 1.165) is 12.1 Å². The molecular weight excluding hydrogens is 250 g/mol. The highest BCUT2D eigenvalue weighted by Crippen LogP contribution is 2.32. The van der Waals surface area contributed by atoms with E-state index in [0.29, 0.717) is 18.5 Å². The van der Waals surface area contributed by atoms with Crippen molar-refractivity contribution in [2.45, 2.75) is 58.0 Å². The molecule has 3 N–H and O–H groups in total. The van der Waals surface area contributed by atoms with Gasteiger partial charge in [0, 0.05) is 18.8 Å². The summed E-state index contributed by atoms with van der Waals surface area (Å²) in [6.07, 6.45) is 6.52. The molecule has 1 aromatic heterocycles. The van der Waals surface area contributed by atoms with Crippen LogP contribution in [0.3, 0.4) is 0 Å². The van der Waals surface area contributed by atoms with E-state index < -0.39 is 0 Å². The van der Waals surface area contributed by atoms with E-state index in [4.69, 9.17) is 5.73 Å². The molecule has 1 aliphatic carbocycles. The molecule has 4 heteroatoms. The number of hydrogen-bond acceptors (Lipinski definition) is 2. The van der Waals surface area contributed by atoms with E-state index in [1.165, 1.54) is 19.3 Å². The fourth-order valence-corrected chi connectivity index (χ4v) is 2.99. The van der Waals surface area contributed by atoms with Crippen LogP contribution in [0.5, 0.6) is 0 Å². The molecule has 20 heavy (non-hydrogen) atoms. The topological polar surface area (TPSA) is 60.0 Å². The van der Waals surface area contributed by atoms with E-state index in [2.05, 4.69) is 23.7 Å². The largest absolute Gasteiger partial charge is 0.344 e. The Bertz CT molecular complexity index is 462. The second-order valence-electron chi connectivity index (χ2n) is 6.70. The number of carbonyl (C=O) groups is 1. The maximum atomic E-state index is 12.5. The van der Waals surface area contributed by atoms with Crippen LogP contribution in [0.4, 0.5) is 0 Å². The third-order valence-corrected chi connectivity index (χ3v) is 4.20. The zero-order valence-electron chi connectivity index (χ0n) is 12.9. The maximum Gasteiger partial charge on any atom is 0.268 e. The van der Waals surface area contributed by atoms with Crippen LogP contribution < -0.4 is 11.1 Å². The fourth-order valence-electron chi connectivity index (χ4n) is 2.99. The minimum absolute atomic E-state index is 0.00417. The van der Waals surface area contributed by atoms with Gasteiger partial charge in [-0.1, -0.05) is 13.8 Å². The molecule has 4 nitrogen and oxygen atoms in total. The van der Waals surface area contributed by atoms with E-state index in [-0.39, 0.29) is 11.4 Å². The Morgan fingerprint density at radius 2 is 2.25 bits per heavy atom. The molecule has 0 aromatic carbocycles. The zero-order valence-corrected chi connectivity index (χ0v) is 12.9. The molecule has 1 aliphatic rings. The zero-order chi connectivity index (χ0) is 14.8. The van der Waals surface area contributed by atoms with Crippen molar-refractivity contribution >= 4 is 5.91 Å². The second kappa shape index (κ2) is 6.00. The van der Waals surface area contributed by atoms with E-state index in [1.54, 1.807) is 0 Å². The predicted octanol–water partition coefficient (Wildman–Crippen LogP) is 2.71. The molecule has 1 fully saturated rings. The molecule has 1 atom stereocenters. The smallest absolute Gasteiger partial charge is 0.268 e. The summed E-state index contributed by atoms with van der Waals surface area (Å²) in [6.45, 7) is 6.79. The lowest BCUT2D eigenvalue weighted by Crippen LogP contribution is -2.52. The van der Waals surface area contributed by atoms with Gasteiger partial charge in [0.1, 0.15) is 5.69 Å². The van der Waals surface area contributed by atoms with Crippen LogP contribution in [0, 0.1) is 5.92 Å². The first-order valence-corrected chi connectivity index (χ1v) is 7.64. The second-order valence-corrected chi connectivity index (χ2v) is 6.70. The van der Waals surface area contributed by atoms with Crippen molar-refractivity contribution < 1.29 is 4.79 Å². The fraction of sp³-hybridized carbons (Fsp3) is 0.688. The summed E-state index contributed by atoms with van der Waals surface area (Å²) < 4.78 is 2.12. The summed E-state index contributed by atoms with van der Waals surface area (Å²) in [5, 5.41) is 3.14. The first kappa shape index (κ1) is 15.1. The number of aromatic nitrogens is 1. The van der Waals surface area contributed by atoms with Crippen molar-refractivity contribution in [1.29, 1.82) is 0 Å². The first-order valence-electron chi connectivity index (χ1n) is 7.64. The third-order valence-electron chi connectivity index (χ3n) is 4.20. The molecule has 1 aromatic rings. The number of nitrogens with two attached hydrogens (primary N) is 1. The van der Waals surface area contributed by atoms with Crippen molar-refractivity contribution in [2.75, 3.05) is 6.54 Å². The van der Waals surface area contributed by atoms with Crippen LogP contribution in [0.2, 0.25) is 0 Å². The van der Waals surface area contributed by atoms with E-state index in [1.807, 2.05) is 25.3 Å². The highest BCUT2D eigenvalue weighted by atomic mass is 16.2. The van der Waals surface area contributed by atoms with Crippen molar-refractivity contribution in [3.8, 4) is 0 Å². The average Bonchev–Trinajstić information content (AvgIpc) is 2.74. The van der Waals surface area contributed by atoms with E-state index in [9.17, 15) is 4.79 Å². The Morgan fingerprint density at radius 1 is 1.55 bits per heavy atom. The number of carbonyl (C=O) groups excluding carboxylic acids is 1. The van der Waals surface area contributed by atoms with Crippen molar-refractivity contribution in [1.82, 2.24) is 9.88 Å². The average molecular weight is 277 g/mol. The minimum atomic E-state index is -0.333. The number of nitrogens with one attached hydrogen (secondary N) is 1. The van der Waals surface area contributed by atoms with Gasteiger partial charge < -0.3 is 15.6 Å². The Hall–Kier alpha value is -1.29. The Morgan fingerprint density at radius 3 is 2.75 bits per heavy atom. The van der Waals surface area contributed by atoms with Gasteiger partial charge in [-0.05, 0) is 50.7 Å². The molecule has 1 amide bonds. The van der Waals surface area contributed by atoms with Crippen molar-refractivity contribution in [3.05, 3.63) is 24.0 Å². The third kappa shape index (κ3) is 3.23. The maximum absolute atomic E-state index is 12.5. The molecule has 0 spiro atoms. The van der Waals surface area contributed by atoms with Gasteiger partial charge in [0.2, 0.25) is 0 Å². The Kier molecular flexibility index (Phi) is 4.53. The summed E-state index contributed by atoms with van der Waals surface area (Å²) in [7, 11) is 0. The van der Waals surface area contributed by atoms with Gasteiger partial charge >= 0.3 is 0 Å². The molecule has 0 aliphatic heterocycles. The van der Waals surface area contributed by atoms with Crippen LogP contribution in [-0.4, -0.2) is 22.6 Å². The number of rotatable bonds is 6.